The van der Waals surface area contributed by atoms with Crippen LogP contribution in [0.2, 0.25) is 5.02 Å². The van der Waals surface area contributed by atoms with Gasteiger partial charge < -0.3 is 5.32 Å². The van der Waals surface area contributed by atoms with Crippen molar-refractivity contribution in [3.05, 3.63) is 61.7 Å². The highest BCUT2D eigenvalue weighted by Gasteiger charge is 2.06. The van der Waals surface area contributed by atoms with Gasteiger partial charge in [0.15, 0.2) is 0 Å². The maximum Gasteiger partial charge on any atom is 0.123 e. The van der Waals surface area contributed by atoms with E-state index in [-0.39, 0.29) is 5.82 Å². The van der Waals surface area contributed by atoms with Crippen molar-refractivity contribution in [2.24, 2.45) is 0 Å². The van der Waals surface area contributed by atoms with E-state index in [0.717, 1.165) is 20.2 Å². The average molecular weight is 393 g/mol. The number of hydrogen-bond donors (Lipinski definition) is 1. The Hall–Kier alpha value is -0.580. The minimum Gasteiger partial charge on any atom is -0.379 e. The molecule has 0 atom stereocenters. The molecule has 0 heterocycles. The maximum absolute atomic E-state index is 12.8. The summed E-state index contributed by atoms with van der Waals surface area (Å²) in [5.41, 5.74) is 1.92. The lowest BCUT2D eigenvalue weighted by Crippen LogP contribution is -2.01. The van der Waals surface area contributed by atoms with E-state index in [1.807, 2.05) is 12.1 Å². The quantitative estimate of drug-likeness (QED) is 0.714. The van der Waals surface area contributed by atoms with Crippen LogP contribution in [0.3, 0.4) is 0 Å². The van der Waals surface area contributed by atoms with Crippen LogP contribution in [0.15, 0.2) is 45.3 Å². The summed E-state index contributed by atoms with van der Waals surface area (Å²) in [6, 6.07) is 10.0. The third-order valence-corrected chi connectivity index (χ3v) is 3.86. The average Bonchev–Trinajstić information content (AvgIpc) is 2.30. The van der Waals surface area contributed by atoms with Gasteiger partial charge in [-0.15, -0.1) is 0 Å². The van der Waals surface area contributed by atoms with Gasteiger partial charge in [-0.2, -0.15) is 0 Å². The molecule has 0 radical (unpaired) electrons. The Morgan fingerprint density at radius 3 is 2.17 bits per heavy atom. The molecule has 0 saturated heterocycles. The summed E-state index contributed by atoms with van der Waals surface area (Å²) in [5.74, 6) is -0.229. The van der Waals surface area contributed by atoms with Gasteiger partial charge >= 0.3 is 0 Å². The van der Waals surface area contributed by atoms with Crippen LogP contribution in [0, 0.1) is 5.82 Å². The fraction of sp³-hybridized carbons (Fsp3) is 0.0769. The first-order chi connectivity index (χ1) is 8.56. The van der Waals surface area contributed by atoms with Crippen LogP contribution in [0.1, 0.15) is 5.56 Å². The van der Waals surface area contributed by atoms with E-state index in [1.165, 1.54) is 12.1 Å². The molecule has 94 valence electrons. The molecule has 2 aromatic carbocycles. The summed E-state index contributed by atoms with van der Waals surface area (Å²) < 4.78 is 14.5. The molecule has 2 rings (SSSR count). The molecule has 1 N–H and O–H groups in total. The Kier molecular flexibility index (Phi) is 4.65. The number of benzene rings is 2. The van der Waals surface area contributed by atoms with E-state index in [0.29, 0.717) is 11.6 Å². The number of hydrogen-bond acceptors (Lipinski definition) is 1. The Bertz CT molecular complexity index is 534. The van der Waals surface area contributed by atoms with Crippen molar-refractivity contribution in [3.63, 3.8) is 0 Å². The molecule has 0 aliphatic heterocycles. The normalized spacial score (nSPS) is 10.4. The fourth-order valence-corrected chi connectivity index (χ4v) is 3.45. The SMILES string of the molecule is Fc1ccc(CNc2c(Br)cc(Cl)cc2Br)cc1. The van der Waals surface area contributed by atoms with Crippen LogP contribution in [0.5, 0.6) is 0 Å². The zero-order valence-electron chi connectivity index (χ0n) is 9.18. The first-order valence-corrected chi connectivity index (χ1v) is 7.15. The Balaban J connectivity index is 2.13. The van der Waals surface area contributed by atoms with Crippen LogP contribution in [-0.2, 0) is 6.54 Å². The minimum atomic E-state index is -0.229. The maximum atomic E-state index is 12.8. The van der Waals surface area contributed by atoms with E-state index in [9.17, 15) is 4.39 Å². The Morgan fingerprint density at radius 1 is 1.06 bits per heavy atom. The molecule has 0 aliphatic carbocycles. The van der Waals surface area contributed by atoms with E-state index in [1.54, 1.807) is 12.1 Å². The third kappa shape index (κ3) is 3.46. The second kappa shape index (κ2) is 6.04. The lowest BCUT2D eigenvalue weighted by molar-refractivity contribution is 0.627. The molecule has 0 aliphatic rings. The standard InChI is InChI=1S/C13H9Br2ClFN/c14-11-5-9(16)6-12(15)13(11)18-7-8-1-3-10(17)4-2-8/h1-6,18H,7H2. The van der Waals surface area contributed by atoms with Crippen LogP contribution in [-0.4, -0.2) is 0 Å². The highest BCUT2D eigenvalue weighted by Crippen LogP contribution is 2.34. The van der Waals surface area contributed by atoms with Crippen molar-refractivity contribution in [1.29, 1.82) is 0 Å². The monoisotopic (exact) mass is 391 g/mol. The molecule has 0 saturated carbocycles. The van der Waals surface area contributed by atoms with Gasteiger partial charge in [-0.05, 0) is 61.7 Å². The van der Waals surface area contributed by atoms with E-state index in [4.69, 9.17) is 11.6 Å². The first-order valence-electron chi connectivity index (χ1n) is 5.19. The van der Waals surface area contributed by atoms with Crippen LogP contribution in [0.25, 0.3) is 0 Å². The predicted octanol–water partition coefficient (Wildman–Crippen LogP) is 5.62. The fourth-order valence-electron chi connectivity index (χ4n) is 1.50. The third-order valence-electron chi connectivity index (χ3n) is 2.39. The van der Waals surface area contributed by atoms with Crippen molar-refractivity contribution in [3.8, 4) is 0 Å². The van der Waals surface area contributed by atoms with E-state index < -0.39 is 0 Å². The summed E-state index contributed by atoms with van der Waals surface area (Å²) in [7, 11) is 0. The Labute approximate surface area is 127 Å². The van der Waals surface area contributed by atoms with Crippen LogP contribution >= 0.6 is 43.5 Å². The molecule has 0 unspecified atom stereocenters. The van der Waals surface area contributed by atoms with Gasteiger partial charge in [-0.25, -0.2) is 4.39 Å². The second-order valence-electron chi connectivity index (χ2n) is 3.72. The molecule has 18 heavy (non-hydrogen) atoms. The molecule has 0 bridgehead atoms. The van der Waals surface area contributed by atoms with Crippen molar-refractivity contribution in [2.75, 3.05) is 5.32 Å². The summed E-state index contributed by atoms with van der Waals surface area (Å²) in [5, 5.41) is 3.92. The minimum absolute atomic E-state index is 0.229. The second-order valence-corrected chi connectivity index (χ2v) is 5.87. The van der Waals surface area contributed by atoms with E-state index >= 15 is 0 Å². The van der Waals surface area contributed by atoms with Gasteiger partial charge in [0.1, 0.15) is 5.82 Å². The lowest BCUT2D eigenvalue weighted by atomic mass is 10.2. The molecule has 0 aromatic heterocycles. The summed E-state index contributed by atoms with van der Waals surface area (Å²) in [4.78, 5) is 0. The molecule has 5 heteroatoms. The molecule has 2 aromatic rings. The first kappa shape index (κ1) is 13.8. The zero-order chi connectivity index (χ0) is 13.1. The largest absolute Gasteiger partial charge is 0.379 e. The molecule has 0 fully saturated rings. The summed E-state index contributed by atoms with van der Waals surface area (Å²) >= 11 is 12.8. The number of nitrogens with one attached hydrogen (secondary N) is 1. The highest BCUT2D eigenvalue weighted by atomic mass is 79.9. The zero-order valence-corrected chi connectivity index (χ0v) is 13.1. The smallest absolute Gasteiger partial charge is 0.123 e. The molecular weight excluding hydrogens is 384 g/mol. The number of anilines is 1. The van der Waals surface area contributed by atoms with Gasteiger partial charge in [-0.1, -0.05) is 23.7 Å². The van der Waals surface area contributed by atoms with Gasteiger partial charge in [0.25, 0.3) is 0 Å². The van der Waals surface area contributed by atoms with Gasteiger partial charge in [0.05, 0.1) is 5.69 Å². The summed E-state index contributed by atoms with van der Waals surface area (Å²) in [6.45, 7) is 0.610. The summed E-state index contributed by atoms with van der Waals surface area (Å²) in [6.07, 6.45) is 0. The highest BCUT2D eigenvalue weighted by molar-refractivity contribution is 9.11. The van der Waals surface area contributed by atoms with Crippen molar-refractivity contribution in [2.45, 2.75) is 6.54 Å². The number of halogens is 4. The van der Waals surface area contributed by atoms with Crippen molar-refractivity contribution >= 4 is 49.1 Å². The molecule has 0 spiro atoms. The van der Waals surface area contributed by atoms with Gasteiger partial charge in [0.2, 0.25) is 0 Å². The van der Waals surface area contributed by atoms with Crippen LogP contribution < -0.4 is 5.32 Å². The van der Waals surface area contributed by atoms with Crippen LogP contribution in [0.4, 0.5) is 10.1 Å². The lowest BCUT2D eigenvalue weighted by Gasteiger charge is -2.11. The van der Waals surface area contributed by atoms with Crippen molar-refractivity contribution in [1.82, 2.24) is 0 Å². The molecule has 1 nitrogen and oxygen atoms in total. The molecular formula is C13H9Br2ClFN. The number of rotatable bonds is 3. The topological polar surface area (TPSA) is 12.0 Å². The van der Waals surface area contributed by atoms with Gasteiger partial charge in [-0.3, -0.25) is 0 Å². The predicted molar refractivity (Wildman–Crippen MR) is 80.6 cm³/mol. The van der Waals surface area contributed by atoms with E-state index in [2.05, 4.69) is 37.2 Å². The molecule has 0 amide bonds. The van der Waals surface area contributed by atoms with Gasteiger partial charge in [0, 0.05) is 20.5 Å². The Morgan fingerprint density at radius 2 is 1.61 bits per heavy atom. The van der Waals surface area contributed by atoms with Crippen molar-refractivity contribution < 1.29 is 4.39 Å².